The van der Waals surface area contributed by atoms with E-state index in [-0.39, 0.29) is 42.1 Å². The molecule has 1 unspecified atom stereocenters. The summed E-state index contributed by atoms with van der Waals surface area (Å²) < 4.78 is 36.9. The molecule has 0 amide bonds. The highest BCUT2D eigenvalue weighted by Gasteiger charge is 2.11. The average Bonchev–Trinajstić information content (AvgIpc) is 2.60. The number of guanidine groups is 1. The highest BCUT2D eigenvalue weighted by molar-refractivity contribution is 14.0. The molecular formula is C20H35FIN3O2S. The molecule has 0 radical (unpaired) electrons. The Bertz CT molecular complexity index is 711. The van der Waals surface area contributed by atoms with Crippen LogP contribution in [0.1, 0.15) is 57.6 Å². The van der Waals surface area contributed by atoms with Gasteiger partial charge in [0.25, 0.3) is 0 Å². The van der Waals surface area contributed by atoms with Crippen molar-refractivity contribution in [1.82, 2.24) is 10.6 Å². The van der Waals surface area contributed by atoms with E-state index in [0.29, 0.717) is 23.0 Å². The van der Waals surface area contributed by atoms with Crippen molar-refractivity contribution in [1.29, 1.82) is 0 Å². The average molecular weight is 527 g/mol. The second-order valence-corrected chi connectivity index (χ2v) is 9.12. The van der Waals surface area contributed by atoms with E-state index in [4.69, 9.17) is 0 Å². The Morgan fingerprint density at radius 3 is 2.46 bits per heavy atom. The quantitative estimate of drug-likeness (QED) is 0.256. The van der Waals surface area contributed by atoms with Crippen LogP contribution in [0.25, 0.3) is 0 Å². The number of hydrogen-bond acceptors (Lipinski definition) is 3. The molecule has 0 spiro atoms. The summed E-state index contributed by atoms with van der Waals surface area (Å²) in [6.45, 7) is 8.15. The minimum atomic E-state index is -3.20. The van der Waals surface area contributed by atoms with Gasteiger partial charge in [0.2, 0.25) is 0 Å². The van der Waals surface area contributed by atoms with Crippen molar-refractivity contribution in [3.63, 3.8) is 0 Å². The summed E-state index contributed by atoms with van der Waals surface area (Å²) in [4.78, 5) is 4.53. The lowest BCUT2D eigenvalue weighted by molar-refractivity contribution is 0.443. The zero-order valence-electron chi connectivity index (χ0n) is 17.4. The fourth-order valence-corrected chi connectivity index (χ4v) is 3.70. The fourth-order valence-electron chi connectivity index (χ4n) is 2.86. The van der Waals surface area contributed by atoms with Gasteiger partial charge in [-0.1, -0.05) is 39.2 Å². The summed E-state index contributed by atoms with van der Waals surface area (Å²) in [6, 6.07) is 4.18. The van der Waals surface area contributed by atoms with Gasteiger partial charge in [0.1, 0.15) is 5.82 Å². The van der Waals surface area contributed by atoms with Crippen molar-refractivity contribution in [2.24, 2.45) is 10.9 Å². The van der Waals surface area contributed by atoms with Gasteiger partial charge in [0, 0.05) is 19.3 Å². The molecule has 2 N–H and O–H groups in total. The topological polar surface area (TPSA) is 70.6 Å². The molecule has 0 aliphatic heterocycles. The number of nitrogens with one attached hydrogen (secondary N) is 2. The zero-order chi connectivity index (χ0) is 20.3. The van der Waals surface area contributed by atoms with E-state index in [1.165, 1.54) is 43.7 Å². The van der Waals surface area contributed by atoms with Gasteiger partial charge in [-0.2, -0.15) is 0 Å². The SMILES string of the molecule is CCCCC(CC)CNC(=NCc1cc(F)ccc1CS(C)(=O)=O)NCC.I. The largest absolute Gasteiger partial charge is 0.357 e. The molecule has 1 aromatic rings. The Balaban J connectivity index is 0.00000729. The maximum atomic E-state index is 13.6. The van der Waals surface area contributed by atoms with Crippen LogP contribution >= 0.6 is 24.0 Å². The molecule has 0 aliphatic carbocycles. The standard InChI is InChI=1S/C20H34FN3O2S.HI/c1-5-8-9-16(6-2)13-23-20(22-7-3)24-14-18-12-19(21)11-10-17(18)15-27(4,25)26;/h10-12,16H,5-9,13-15H2,1-4H3,(H2,22,23,24);1H. The number of unbranched alkanes of at least 4 members (excludes halogenated alkanes) is 1. The Morgan fingerprint density at radius 1 is 1.18 bits per heavy atom. The molecule has 0 aliphatic rings. The number of rotatable bonds is 11. The Morgan fingerprint density at radius 2 is 1.89 bits per heavy atom. The van der Waals surface area contributed by atoms with Gasteiger partial charge in [-0.3, -0.25) is 0 Å². The fraction of sp³-hybridized carbons (Fsp3) is 0.650. The summed E-state index contributed by atoms with van der Waals surface area (Å²) in [7, 11) is -3.20. The van der Waals surface area contributed by atoms with Crippen LogP contribution in [-0.4, -0.2) is 33.7 Å². The van der Waals surface area contributed by atoms with Gasteiger partial charge in [0.15, 0.2) is 15.8 Å². The molecule has 8 heteroatoms. The molecule has 1 aromatic carbocycles. The third-order valence-electron chi connectivity index (χ3n) is 4.44. The molecule has 0 fully saturated rings. The molecule has 0 bridgehead atoms. The zero-order valence-corrected chi connectivity index (χ0v) is 20.6. The van der Waals surface area contributed by atoms with Crippen molar-refractivity contribution in [2.75, 3.05) is 19.3 Å². The summed E-state index contributed by atoms with van der Waals surface area (Å²) in [5.74, 6) is 0.753. The number of benzene rings is 1. The van der Waals surface area contributed by atoms with Crippen LogP contribution in [0.15, 0.2) is 23.2 Å². The minimum Gasteiger partial charge on any atom is -0.357 e. The third kappa shape index (κ3) is 11.2. The predicted molar refractivity (Wildman–Crippen MR) is 126 cm³/mol. The summed E-state index contributed by atoms with van der Waals surface area (Å²) in [5.41, 5.74) is 1.18. The normalized spacial score (nSPS) is 13.0. The Kier molecular flexibility index (Phi) is 13.7. The highest BCUT2D eigenvalue weighted by Crippen LogP contribution is 2.16. The molecule has 1 atom stereocenters. The number of sulfone groups is 1. The van der Waals surface area contributed by atoms with E-state index < -0.39 is 9.84 Å². The van der Waals surface area contributed by atoms with Crippen molar-refractivity contribution in [2.45, 2.75) is 58.8 Å². The molecule has 0 heterocycles. The lowest BCUT2D eigenvalue weighted by Gasteiger charge is -2.18. The maximum Gasteiger partial charge on any atom is 0.191 e. The molecule has 162 valence electrons. The van der Waals surface area contributed by atoms with Crippen LogP contribution in [0.5, 0.6) is 0 Å². The molecule has 0 saturated heterocycles. The minimum absolute atomic E-state index is 0. The van der Waals surface area contributed by atoms with Crippen LogP contribution in [0.3, 0.4) is 0 Å². The summed E-state index contributed by atoms with van der Waals surface area (Å²) in [5, 5.41) is 6.56. The van der Waals surface area contributed by atoms with Gasteiger partial charge in [0.05, 0.1) is 12.3 Å². The highest BCUT2D eigenvalue weighted by atomic mass is 127. The second kappa shape index (κ2) is 14.1. The van der Waals surface area contributed by atoms with E-state index in [1.807, 2.05) is 6.92 Å². The third-order valence-corrected chi connectivity index (χ3v) is 5.27. The van der Waals surface area contributed by atoms with E-state index >= 15 is 0 Å². The van der Waals surface area contributed by atoms with Crippen molar-refractivity contribution >= 4 is 39.8 Å². The van der Waals surface area contributed by atoms with Crippen LogP contribution in [0, 0.1) is 11.7 Å². The molecule has 0 aromatic heterocycles. The lowest BCUT2D eigenvalue weighted by atomic mass is 9.99. The van der Waals surface area contributed by atoms with Crippen LogP contribution in [-0.2, 0) is 22.1 Å². The van der Waals surface area contributed by atoms with Crippen LogP contribution < -0.4 is 10.6 Å². The smallest absolute Gasteiger partial charge is 0.191 e. The first-order valence-electron chi connectivity index (χ1n) is 9.76. The molecule has 0 saturated carbocycles. The first kappa shape index (κ1) is 27.1. The van der Waals surface area contributed by atoms with Gasteiger partial charge in [-0.25, -0.2) is 17.8 Å². The van der Waals surface area contributed by atoms with Gasteiger partial charge < -0.3 is 10.6 Å². The van der Waals surface area contributed by atoms with Crippen molar-refractivity contribution < 1.29 is 12.8 Å². The van der Waals surface area contributed by atoms with Crippen molar-refractivity contribution in [3.8, 4) is 0 Å². The Hall–Kier alpha value is -0.900. The second-order valence-electron chi connectivity index (χ2n) is 6.98. The Labute approximate surface area is 186 Å². The van der Waals surface area contributed by atoms with E-state index in [2.05, 4.69) is 29.5 Å². The van der Waals surface area contributed by atoms with E-state index in [0.717, 1.165) is 19.5 Å². The number of aliphatic imine (C=N–C) groups is 1. The molecule has 1 rings (SSSR count). The maximum absolute atomic E-state index is 13.6. The first-order chi connectivity index (χ1) is 12.8. The molecule has 28 heavy (non-hydrogen) atoms. The van der Waals surface area contributed by atoms with Gasteiger partial charge >= 0.3 is 0 Å². The van der Waals surface area contributed by atoms with Crippen LogP contribution in [0.4, 0.5) is 4.39 Å². The number of nitrogens with zero attached hydrogens (tertiary/aromatic N) is 1. The number of halogens is 2. The van der Waals surface area contributed by atoms with Gasteiger partial charge in [-0.05, 0) is 42.5 Å². The lowest BCUT2D eigenvalue weighted by Crippen LogP contribution is -2.39. The summed E-state index contributed by atoms with van der Waals surface area (Å²) >= 11 is 0. The van der Waals surface area contributed by atoms with E-state index in [9.17, 15) is 12.8 Å². The number of hydrogen-bond donors (Lipinski definition) is 2. The monoisotopic (exact) mass is 527 g/mol. The molecule has 5 nitrogen and oxygen atoms in total. The molecular weight excluding hydrogens is 492 g/mol. The van der Waals surface area contributed by atoms with Crippen molar-refractivity contribution in [3.05, 3.63) is 35.1 Å². The van der Waals surface area contributed by atoms with Crippen LogP contribution in [0.2, 0.25) is 0 Å². The van der Waals surface area contributed by atoms with E-state index in [1.54, 1.807) is 0 Å². The summed E-state index contributed by atoms with van der Waals surface area (Å²) in [6.07, 6.45) is 5.87. The first-order valence-corrected chi connectivity index (χ1v) is 11.8. The predicted octanol–water partition coefficient (Wildman–Crippen LogP) is 4.26. The van der Waals surface area contributed by atoms with Gasteiger partial charge in [-0.15, -0.1) is 24.0 Å².